The summed E-state index contributed by atoms with van der Waals surface area (Å²) in [5, 5.41) is 18.7. The summed E-state index contributed by atoms with van der Waals surface area (Å²) in [4.78, 5) is 9.16. The van der Waals surface area contributed by atoms with Crippen molar-refractivity contribution in [3.63, 3.8) is 0 Å². The average Bonchev–Trinajstić information content (AvgIpc) is 3.22. The molecule has 0 aliphatic carbocycles. The van der Waals surface area contributed by atoms with Crippen molar-refractivity contribution < 1.29 is 24.1 Å². The zero-order valence-corrected chi connectivity index (χ0v) is 22.2. The number of ether oxygens (including phenoxy) is 4. The molecule has 2 aliphatic rings. The molecule has 2 saturated heterocycles. The van der Waals surface area contributed by atoms with Gasteiger partial charge in [0.2, 0.25) is 5.88 Å². The Bertz CT molecular complexity index is 1220. The Kier molecular flexibility index (Phi) is 8.92. The van der Waals surface area contributed by atoms with Crippen LogP contribution in [0.3, 0.4) is 0 Å². The fourth-order valence-electron chi connectivity index (χ4n) is 5.30. The molecule has 0 spiro atoms. The summed E-state index contributed by atoms with van der Waals surface area (Å²) >= 11 is 0. The number of phenols is 1. The van der Waals surface area contributed by atoms with Gasteiger partial charge < -0.3 is 39.6 Å². The van der Waals surface area contributed by atoms with Crippen molar-refractivity contribution in [1.82, 2.24) is 15.2 Å². The lowest BCUT2D eigenvalue weighted by atomic mass is 10.1. The SMILES string of the molecule is COCCOCCOCCOc1cc(N2C3CCC2CN(c2cc(-c4ccccc4O)nnc2N)C3)ccn1. The van der Waals surface area contributed by atoms with Crippen LogP contribution >= 0.6 is 0 Å². The number of methoxy groups -OCH3 is 1. The lowest BCUT2D eigenvalue weighted by Crippen LogP contribution is -2.54. The highest BCUT2D eigenvalue weighted by Crippen LogP contribution is 2.39. The van der Waals surface area contributed by atoms with Gasteiger partial charge in [-0.1, -0.05) is 12.1 Å². The summed E-state index contributed by atoms with van der Waals surface area (Å²) in [6, 6.07) is 13.7. The number of anilines is 3. The second kappa shape index (κ2) is 12.9. The van der Waals surface area contributed by atoms with Crippen LogP contribution in [0, 0.1) is 0 Å². The first-order valence-electron chi connectivity index (χ1n) is 13.3. The topological polar surface area (TPSA) is 128 Å². The van der Waals surface area contributed by atoms with Crippen LogP contribution in [0.5, 0.6) is 11.6 Å². The van der Waals surface area contributed by atoms with Crippen LogP contribution < -0.4 is 20.3 Å². The molecule has 2 atom stereocenters. The summed E-state index contributed by atoms with van der Waals surface area (Å²) in [6.45, 7) is 4.70. The van der Waals surface area contributed by atoms with Gasteiger partial charge in [0.15, 0.2) is 5.82 Å². The first-order valence-corrected chi connectivity index (χ1v) is 13.3. The minimum absolute atomic E-state index is 0.168. The second-order valence-electron chi connectivity index (χ2n) is 9.63. The highest BCUT2D eigenvalue weighted by molar-refractivity contribution is 5.74. The van der Waals surface area contributed by atoms with E-state index in [9.17, 15) is 5.11 Å². The largest absolute Gasteiger partial charge is 0.507 e. The van der Waals surface area contributed by atoms with Crippen LogP contribution in [0.25, 0.3) is 11.3 Å². The highest BCUT2D eigenvalue weighted by Gasteiger charge is 2.41. The molecular formula is C28H36N6O5. The summed E-state index contributed by atoms with van der Waals surface area (Å²) in [5.41, 5.74) is 9.47. The number of hydrogen-bond acceptors (Lipinski definition) is 11. The number of pyridine rings is 1. The van der Waals surface area contributed by atoms with E-state index in [1.807, 2.05) is 30.3 Å². The number of rotatable bonds is 13. The van der Waals surface area contributed by atoms with E-state index >= 15 is 0 Å². The third kappa shape index (κ3) is 6.49. The first-order chi connectivity index (χ1) is 19.1. The molecule has 11 nitrogen and oxygen atoms in total. The van der Waals surface area contributed by atoms with E-state index in [2.05, 4.69) is 25.0 Å². The molecule has 5 rings (SSSR count). The number of para-hydroxylation sites is 1. The number of phenolic OH excluding ortho intramolecular Hbond substituents is 1. The fraction of sp³-hybridized carbons (Fsp3) is 0.464. The van der Waals surface area contributed by atoms with Crippen molar-refractivity contribution in [3.8, 4) is 22.9 Å². The summed E-state index contributed by atoms with van der Waals surface area (Å²) in [5.74, 6) is 1.15. The molecule has 39 heavy (non-hydrogen) atoms. The van der Waals surface area contributed by atoms with Crippen molar-refractivity contribution >= 4 is 17.2 Å². The number of benzene rings is 1. The zero-order valence-electron chi connectivity index (χ0n) is 22.2. The zero-order chi connectivity index (χ0) is 27.0. The van der Waals surface area contributed by atoms with Gasteiger partial charge >= 0.3 is 0 Å². The summed E-state index contributed by atoms with van der Waals surface area (Å²) < 4.78 is 21.8. The Morgan fingerprint density at radius 2 is 1.64 bits per heavy atom. The Morgan fingerprint density at radius 3 is 2.38 bits per heavy atom. The Labute approximate surface area is 228 Å². The van der Waals surface area contributed by atoms with Gasteiger partial charge in [-0.05, 0) is 37.1 Å². The van der Waals surface area contributed by atoms with Gasteiger partial charge in [-0.15, -0.1) is 10.2 Å². The smallest absolute Gasteiger partial charge is 0.215 e. The van der Waals surface area contributed by atoms with Gasteiger partial charge in [-0.2, -0.15) is 0 Å². The van der Waals surface area contributed by atoms with E-state index in [1.54, 1.807) is 25.4 Å². The van der Waals surface area contributed by atoms with Gasteiger partial charge in [0.1, 0.15) is 12.4 Å². The third-order valence-corrected chi connectivity index (χ3v) is 7.10. The molecule has 2 bridgehead atoms. The van der Waals surface area contributed by atoms with Gasteiger partial charge in [0.25, 0.3) is 0 Å². The van der Waals surface area contributed by atoms with Crippen LogP contribution in [0.15, 0.2) is 48.7 Å². The molecule has 1 aromatic carbocycles. The average molecular weight is 537 g/mol. The molecule has 0 amide bonds. The molecule has 0 radical (unpaired) electrons. The molecule has 3 N–H and O–H groups in total. The van der Waals surface area contributed by atoms with E-state index in [0.29, 0.717) is 74.7 Å². The molecule has 4 heterocycles. The lowest BCUT2D eigenvalue weighted by molar-refractivity contribution is 0.0176. The van der Waals surface area contributed by atoms with E-state index < -0.39 is 0 Å². The predicted octanol–water partition coefficient (Wildman–Crippen LogP) is 2.74. The molecular weight excluding hydrogens is 500 g/mol. The highest BCUT2D eigenvalue weighted by atomic mass is 16.6. The molecule has 0 saturated carbocycles. The molecule has 2 fully saturated rings. The minimum atomic E-state index is 0.168. The summed E-state index contributed by atoms with van der Waals surface area (Å²) in [7, 11) is 1.65. The van der Waals surface area contributed by atoms with E-state index in [1.165, 1.54) is 0 Å². The minimum Gasteiger partial charge on any atom is -0.507 e. The van der Waals surface area contributed by atoms with Crippen molar-refractivity contribution in [2.45, 2.75) is 24.9 Å². The number of hydrogen-bond donors (Lipinski definition) is 2. The second-order valence-corrected chi connectivity index (χ2v) is 9.63. The number of piperazine rings is 1. The predicted molar refractivity (Wildman–Crippen MR) is 148 cm³/mol. The van der Waals surface area contributed by atoms with Gasteiger partial charge in [-0.25, -0.2) is 4.98 Å². The Morgan fingerprint density at radius 1 is 0.923 bits per heavy atom. The van der Waals surface area contributed by atoms with Crippen LogP contribution in [-0.2, 0) is 14.2 Å². The quantitative estimate of drug-likeness (QED) is 0.313. The standard InChI is InChI=1S/C28H36N6O5/c1-36-10-11-37-12-13-38-14-15-39-27-16-20(8-9-30-27)34-21-6-7-22(34)19-33(18-21)25-17-24(31-32-28(25)29)23-4-2-3-5-26(23)35/h2-5,8-9,16-17,21-22,35H,6-7,10-15,18-19H2,1H3,(H2,29,32). The van der Waals surface area contributed by atoms with Gasteiger partial charge in [-0.3, -0.25) is 0 Å². The van der Waals surface area contributed by atoms with Crippen molar-refractivity contribution in [3.05, 3.63) is 48.7 Å². The number of nitrogen functional groups attached to an aromatic ring is 1. The maximum Gasteiger partial charge on any atom is 0.215 e. The maximum absolute atomic E-state index is 10.3. The number of nitrogens with zero attached hydrogens (tertiary/aromatic N) is 5. The molecule has 11 heteroatoms. The Hall–Kier alpha value is -3.67. The maximum atomic E-state index is 10.3. The number of fused-ring (bicyclic) bond motifs is 2. The normalized spacial score (nSPS) is 18.5. The lowest BCUT2D eigenvalue weighted by Gasteiger charge is -2.43. The number of nitrogens with two attached hydrogens (primary N) is 1. The first kappa shape index (κ1) is 26.9. The van der Waals surface area contributed by atoms with E-state index in [0.717, 1.165) is 37.3 Å². The number of aromatic hydroxyl groups is 1. The van der Waals surface area contributed by atoms with Crippen LogP contribution in [0.2, 0.25) is 0 Å². The molecule has 3 aromatic rings. The molecule has 208 valence electrons. The third-order valence-electron chi connectivity index (χ3n) is 7.10. The van der Waals surface area contributed by atoms with Crippen LogP contribution in [0.4, 0.5) is 17.2 Å². The van der Waals surface area contributed by atoms with Crippen molar-refractivity contribution in [2.75, 3.05) is 75.4 Å². The molecule has 2 aliphatic heterocycles. The van der Waals surface area contributed by atoms with Gasteiger partial charge in [0, 0.05) is 55.8 Å². The Balaban J connectivity index is 1.18. The summed E-state index contributed by atoms with van der Waals surface area (Å²) in [6.07, 6.45) is 3.97. The van der Waals surface area contributed by atoms with Crippen molar-refractivity contribution in [1.29, 1.82) is 0 Å². The monoisotopic (exact) mass is 536 g/mol. The fourth-order valence-corrected chi connectivity index (χ4v) is 5.30. The van der Waals surface area contributed by atoms with Gasteiger partial charge in [0.05, 0.1) is 44.4 Å². The number of aromatic nitrogens is 3. The molecule has 2 aromatic heterocycles. The van der Waals surface area contributed by atoms with E-state index in [4.69, 9.17) is 24.7 Å². The van der Waals surface area contributed by atoms with Crippen LogP contribution in [0.1, 0.15) is 12.8 Å². The van der Waals surface area contributed by atoms with Crippen LogP contribution in [-0.4, -0.2) is 92.2 Å². The molecule has 2 unspecified atom stereocenters. The van der Waals surface area contributed by atoms with Crippen molar-refractivity contribution in [2.24, 2.45) is 0 Å². The van der Waals surface area contributed by atoms with E-state index in [-0.39, 0.29) is 5.75 Å².